The number of rotatable bonds is 6. The standard InChI is InChI=1S/C22H20N2O3S2/c1-26-18-8-7-14(11-19(18)27-2)9-10-24-21(25)20(29-22(24)28)12-15-13-23-17-6-4-3-5-16(15)17/h3-8,11-13,25H,9-10H2,1-2H3/b15-12+. The first kappa shape index (κ1) is 19.4. The van der Waals surface area contributed by atoms with E-state index in [0.29, 0.717) is 28.4 Å². The Morgan fingerprint density at radius 2 is 1.93 bits per heavy atom. The van der Waals surface area contributed by atoms with Crippen LogP contribution < -0.4 is 9.47 Å². The highest BCUT2D eigenvalue weighted by Crippen LogP contribution is 2.36. The Bertz CT molecular complexity index is 1180. The van der Waals surface area contributed by atoms with Crippen LogP contribution in [0.5, 0.6) is 17.4 Å². The molecule has 5 nitrogen and oxygen atoms in total. The predicted octanol–water partition coefficient (Wildman–Crippen LogP) is 5.50. The van der Waals surface area contributed by atoms with Crippen molar-refractivity contribution in [3.63, 3.8) is 0 Å². The smallest absolute Gasteiger partial charge is 0.210 e. The van der Waals surface area contributed by atoms with Gasteiger partial charge in [0.05, 0.1) is 24.8 Å². The van der Waals surface area contributed by atoms with Crippen LogP contribution in [-0.2, 0) is 13.0 Å². The van der Waals surface area contributed by atoms with Gasteiger partial charge in [-0.3, -0.25) is 9.56 Å². The number of aromatic nitrogens is 1. The Morgan fingerprint density at radius 1 is 1.14 bits per heavy atom. The van der Waals surface area contributed by atoms with Crippen molar-refractivity contribution in [1.29, 1.82) is 0 Å². The number of methoxy groups -OCH3 is 2. The highest BCUT2D eigenvalue weighted by Gasteiger charge is 2.15. The van der Waals surface area contributed by atoms with Crippen molar-refractivity contribution in [3.05, 3.63) is 62.4 Å². The van der Waals surface area contributed by atoms with Gasteiger partial charge >= 0.3 is 0 Å². The lowest BCUT2D eigenvalue weighted by Gasteiger charge is -2.10. The Morgan fingerprint density at radius 3 is 2.72 bits per heavy atom. The first-order chi connectivity index (χ1) is 14.1. The van der Waals surface area contributed by atoms with E-state index in [4.69, 9.17) is 21.7 Å². The molecule has 0 fully saturated rings. The number of hydrogen-bond donors (Lipinski definition) is 1. The summed E-state index contributed by atoms with van der Waals surface area (Å²) in [5, 5.41) is 10.8. The molecule has 0 bridgehead atoms. The van der Waals surface area contributed by atoms with Crippen LogP contribution >= 0.6 is 23.6 Å². The average Bonchev–Trinajstić information content (AvgIpc) is 3.27. The molecule has 4 rings (SSSR count). The molecule has 1 aliphatic heterocycles. The molecule has 0 saturated carbocycles. The van der Waals surface area contributed by atoms with Gasteiger partial charge in [0.15, 0.2) is 15.5 Å². The van der Waals surface area contributed by atoms with Crippen molar-refractivity contribution in [3.8, 4) is 17.4 Å². The average molecular weight is 425 g/mol. The fourth-order valence-electron chi connectivity index (χ4n) is 3.28. The van der Waals surface area contributed by atoms with E-state index in [1.165, 1.54) is 11.3 Å². The van der Waals surface area contributed by atoms with Gasteiger partial charge in [0.25, 0.3) is 0 Å². The van der Waals surface area contributed by atoms with Gasteiger partial charge in [-0.1, -0.05) is 24.3 Å². The van der Waals surface area contributed by atoms with Crippen molar-refractivity contribution in [2.24, 2.45) is 4.99 Å². The second kappa shape index (κ2) is 8.23. The van der Waals surface area contributed by atoms with Gasteiger partial charge in [0, 0.05) is 23.9 Å². The molecule has 0 amide bonds. The summed E-state index contributed by atoms with van der Waals surface area (Å²) in [6.07, 6.45) is 4.47. The van der Waals surface area contributed by atoms with E-state index in [2.05, 4.69) is 4.99 Å². The van der Waals surface area contributed by atoms with Crippen LogP contribution in [0, 0.1) is 3.95 Å². The third-order valence-corrected chi connectivity index (χ3v) is 6.20. The molecular formula is C22H20N2O3S2. The molecule has 2 aromatic carbocycles. The summed E-state index contributed by atoms with van der Waals surface area (Å²) in [5.74, 6) is 1.57. The molecule has 0 aliphatic carbocycles. The Hall–Kier alpha value is -2.90. The maximum atomic E-state index is 10.8. The summed E-state index contributed by atoms with van der Waals surface area (Å²) >= 11 is 6.89. The van der Waals surface area contributed by atoms with E-state index in [1.807, 2.05) is 54.8 Å². The summed E-state index contributed by atoms with van der Waals surface area (Å²) < 4.78 is 13.0. The van der Waals surface area contributed by atoms with E-state index in [0.717, 1.165) is 27.3 Å². The zero-order valence-corrected chi connectivity index (χ0v) is 17.7. The highest BCUT2D eigenvalue weighted by atomic mass is 32.1. The number of nitrogens with zero attached hydrogens (tertiary/aromatic N) is 2. The number of aryl methyl sites for hydroxylation is 1. The third kappa shape index (κ3) is 3.83. The van der Waals surface area contributed by atoms with Crippen LogP contribution in [0.1, 0.15) is 16.0 Å². The molecule has 7 heteroatoms. The number of thiazole rings is 1. The largest absolute Gasteiger partial charge is 0.493 e. The minimum Gasteiger partial charge on any atom is -0.493 e. The van der Waals surface area contributed by atoms with Gasteiger partial charge in [0.2, 0.25) is 5.88 Å². The lowest BCUT2D eigenvalue weighted by Crippen LogP contribution is -2.01. The normalized spacial score (nSPS) is 13.7. The summed E-state index contributed by atoms with van der Waals surface area (Å²) in [5.41, 5.74) is 4.05. The lowest BCUT2D eigenvalue weighted by atomic mass is 10.1. The first-order valence-electron chi connectivity index (χ1n) is 9.09. The molecule has 0 spiro atoms. The second-order valence-electron chi connectivity index (χ2n) is 6.52. The molecular weight excluding hydrogens is 404 g/mol. The highest BCUT2D eigenvalue weighted by molar-refractivity contribution is 7.73. The quantitative estimate of drug-likeness (QED) is 0.531. The second-order valence-corrected chi connectivity index (χ2v) is 8.20. The number of allylic oxidation sites excluding steroid dienone is 1. The Balaban J connectivity index is 1.57. The first-order valence-corrected chi connectivity index (χ1v) is 10.3. The van der Waals surface area contributed by atoms with E-state index in [9.17, 15) is 5.11 Å². The van der Waals surface area contributed by atoms with Crippen LogP contribution in [0.15, 0.2) is 47.5 Å². The topological polar surface area (TPSA) is 56.0 Å². The number of hydrogen-bond acceptors (Lipinski definition) is 6. The van der Waals surface area contributed by atoms with E-state index >= 15 is 0 Å². The van der Waals surface area contributed by atoms with Crippen LogP contribution in [0.4, 0.5) is 5.69 Å². The lowest BCUT2D eigenvalue weighted by molar-refractivity contribution is 0.354. The fourth-order valence-corrected chi connectivity index (χ4v) is 4.59. The van der Waals surface area contributed by atoms with Crippen molar-refractivity contribution in [2.75, 3.05) is 14.2 Å². The summed E-state index contributed by atoms with van der Waals surface area (Å²) in [6.45, 7) is 0.574. The van der Waals surface area contributed by atoms with Crippen molar-refractivity contribution < 1.29 is 14.6 Å². The van der Waals surface area contributed by atoms with Gasteiger partial charge in [-0.15, -0.1) is 11.3 Å². The number of ether oxygens (including phenoxy) is 2. The van der Waals surface area contributed by atoms with Crippen molar-refractivity contribution in [1.82, 2.24) is 4.57 Å². The molecule has 3 aromatic rings. The van der Waals surface area contributed by atoms with E-state index in [1.54, 1.807) is 18.8 Å². The predicted molar refractivity (Wildman–Crippen MR) is 121 cm³/mol. The van der Waals surface area contributed by atoms with Crippen LogP contribution in [0.2, 0.25) is 0 Å². The van der Waals surface area contributed by atoms with Crippen LogP contribution in [-0.4, -0.2) is 30.1 Å². The number of aromatic hydroxyl groups is 1. The SMILES string of the molecule is COc1ccc(CCn2c(O)c(/C=C3\C=Nc4ccccc43)sc2=S)cc1OC. The minimum atomic E-state index is 0.186. The van der Waals surface area contributed by atoms with Crippen molar-refractivity contribution >= 4 is 47.1 Å². The molecule has 29 heavy (non-hydrogen) atoms. The zero-order chi connectivity index (χ0) is 20.4. The van der Waals surface area contributed by atoms with Crippen LogP contribution in [0.25, 0.3) is 11.6 Å². The third-order valence-electron chi connectivity index (χ3n) is 4.81. The van der Waals surface area contributed by atoms with Gasteiger partial charge in [0.1, 0.15) is 0 Å². The van der Waals surface area contributed by atoms with E-state index in [-0.39, 0.29) is 5.88 Å². The molecule has 0 saturated heterocycles. The monoisotopic (exact) mass is 424 g/mol. The van der Waals surface area contributed by atoms with E-state index < -0.39 is 0 Å². The molecule has 1 aromatic heterocycles. The maximum absolute atomic E-state index is 10.8. The zero-order valence-electron chi connectivity index (χ0n) is 16.1. The van der Waals surface area contributed by atoms with Gasteiger partial charge in [-0.2, -0.15) is 0 Å². The summed E-state index contributed by atoms with van der Waals surface area (Å²) in [4.78, 5) is 5.15. The molecule has 0 radical (unpaired) electrons. The maximum Gasteiger partial charge on any atom is 0.210 e. The Kier molecular flexibility index (Phi) is 5.51. The summed E-state index contributed by atoms with van der Waals surface area (Å²) in [7, 11) is 3.23. The Labute approximate surface area is 178 Å². The molecule has 2 heterocycles. The fraction of sp³-hybridized carbons (Fsp3) is 0.182. The molecule has 148 valence electrons. The molecule has 0 unspecified atom stereocenters. The summed E-state index contributed by atoms with van der Waals surface area (Å²) in [6, 6.07) is 13.8. The van der Waals surface area contributed by atoms with Gasteiger partial charge in [-0.05, 0) is 48.5 Å². The number of benzene rings is 2. The van der Waals surface area contributed by atoms with Crippen molar-refractivity contribution in [2.45, 2.75) is 13.0 Å². The number of para-hydroxylation sites is 1. The number of fused-ring (bicyclic) bond motifs is 1. The van der Waals surface area contributed by atoms with Gasteiger partial charge < -0.3 is 14.6 Å². The molecule has 1 aliphatic rings. The molecule has 0 atom stereocenters. The van der Waals surface area contributed by atoms with Gasteiger partial charge in [-0.25, -0.2) is 0 Å². The minimum absolute atomic E-state index is 0.186. The van der Waals surface area contributed by atoms with Crippen LogP contribution in [0.3, 0.4) is 0 Å². The number of aliphatic imine (C=N–C) groups is 1. The molecule has 1 N–H and O–H groups in total.